The van der Waals surface area contributed by atoms with Crippen LogP contribution in [0.1, 0.15) is 19.3 Å². The topological polar surface area (TPSA) is 61.4 Å². The van der Waals surface area contributed by atoms with E-state index >= 15 is 0 Å². The lowest BCUT2D eigenvalue weighted by Gasteiger charge is -2.19. The number of nitrogens with one attached hydrogen (secondary N) is 2. The number of carbonyl (C=O) groups is 2. The summed E-state index contributed by atoms with van der Waals surface area (Å²) >= 11 is 1.80. The molecule has 1 aliphatic heterocycles. The molecule has 0 saturated carbocycles. The van der Waals surface area contributed by atoms with Gasteiger partial charge in [0.05, 0.1) is 0 Å². The molecule has 0 aromatic carbocycles. The largest absolute Gasteiger partial charge is 0.348 e. The van der Waals surface area contributed by atoms with Crippen LogP contribution in [-0.2, 0) is 9.59 Å². The van der Waals surface area contributed by atoms with Crippen LogP contribution in [0.4, 0.5) is 0 Å². The van der Waals surface area contributed by atoms with Crippen LogP contribution in [0.15, 0.2) is 0 Å². The minimum atomic E-state index is -0.457. The fourth-order valence-electron chi connectivity index (χ4n) is 1.84. The van der Waals surface area contributed by atoms with Crippen LogP contribution < -0.4 is 10.6 Å². The Morgan fingerprint density at radius 2 is 2.11 bits per heavy atom. The summed E-state index contributed by atoms with van der Waals surface area (Å²) in [5.41, 5.74) is 0. The third-order valence-electron chi connectivity index (χ3n) is 2.88. The molecule has 1 heterocycles. The summed E-state index contributed by atoms with van der Waals surface area (Å²) in [7, 11) is 0. The van der Waals surface area contributed by atoms with Gasteiger partial charge in [-0.3, -0.25) is 9.59 Å². The Labute approximate surface area is 113 Å². The molecule has 1 rings (SSSR count). The molecule has 0 aromatic rings. The Hall–Kier alpha value is -0.750. The number of thioether (sulfide) groups is 1. The van der Waals surface area contributed by atoms with Crippen molar-refractivity contribution in [2.45, 2.75) is 19.3 Å². The van der Waals surface area contributed by atoms with Crippen molar-refractivity contribution in [3.63, 3.8) is 0 Å². The molecule has 0 bridgehead atoms. The number of unbranched alkanes of at least 4 members (excludes halogenated alkanes) is 1. The smallest absolute Gasteiger partial charge is 0.311 e. The van der Waals surface area contributed by atoms with Gasteiger partial charge in [-0.2, -0.15) is 11.8 Å². The monoisotopic (exact) mass is 273 g/mol. The van der Waals surface area contributed by atoms with Crippen LogP contribution in [0.3, 0.4) is 0 Å². The van der Waals surface area contributed by atoms with Gasteiger partial charge in [0.15, 0.2) is 0 Å². The summed E-state index contributed by atoms with van der Waals surface area (Å²) in [6, 6.07) is 0. The van der Waals surface area contributed by atoms with E-state index in [9.17, 15) is 9.59 Å². The fourth-order valence-corrected chi connectivity index (χ4v) is 2.33. The van der Waals surface area contributed by atoms with E-state index in [1.807, 2.05) is 0 Å². The highest BCUT2D eigenvalue weighted by Gasteiger charge is 2.21. The number of hydrogen-bond acceptors (Lipinski definition) is 4. The molecule has 1 aliphatic rings. The molecule has 0 radical (unpaired) electrons. The van der Waals surface area contributed by atoms with E-state index in [-0.39, 0.29) is 5.91 Å². The molecule has 0 unspecified atom stereocenters. The summed E-state index contributed by atoms with van der Waals surface area (Å²) in [6.07, 6.45) is 4.98. The zero-order valence-corrected chi connectivity index (χ0v) is 11.9. The molecule has 104 valence electrons. The molecule has 0 aromatic heterocycles. The van der Waals surface area contributed by atoms with E-state index in [0.717, 1.165) is 38.1 Å². The highest BCUT2D eigenvalue weighted by atomic mass is 32.2. The molecule has 2 amide bonds. The molecule has 0 atom stereocenters. The molecule has 1 saturated heterocycles. The lowest BCUT2D eigenvalue weighted by Crippen LogP contribution is -2.44. The number of rotatable bonds is 5. The zero-order chi connectivity index (χ0) is 13.2. The van der Waals surface area contributed by atoms with Crippen molar-refractivity contribution in [2.24, 2.45) is 0 Å². The summed E-state index contributed by atoms with van der Waals surface area (Å²) in [6.45, 7) is 3.58. The zero-order valence-electron chi connectivity index (χ0n) is 11.0. The number of hydrogen-bond donors (Lipinski definition) is 2. The molecular weight excluding hydrogens is 250 g/mol. The first-order valence-corrected chi connectivity index (χ1v) is 7.92. The van der Waals surface area contributed by atoms with Crippen molar-refractivity contribution in [1.29, 1.82) is 0 Å². The second-order valence-corrected chi connectivity index (χ2v) is 5.34. The van der Waals surface area contributed by atoms with E-state index in [1.54, 1.807) is 16.7 Å². The van der Waals surface area contributed by atoms with E-state index < -0.39 is 5.91 Å². The van der Waals surface area contributed by atoms with Crippen molar-refractivity contribution in [3.8, 4) is 0 Å². The van der Waals surface area contributed by atoms with Crippen LogP contribution in [0, 0.1) is 0 Å². The number of nitrogens with zero attached hydrogens (tertiary/aromatic N) is 1. The predicted molar refractivity (Wildman–Crippen MR) is 74.7 cm³/mol. The Balaban J connectivity index is 2.20. The Morgan fingerprint density at radius 3 is 2.89 bits per heavy atom. The minimum absolute atomic E-state index is 0.386. The molecule has 2 N–H and O–H groups in total. The van der Waals surface area contributed by atoms with Gasteiger partial charge in [-0.1, -0.05) is 0 Å². The first kappa shape index (κ1) is 15.3. The summed E-state index contributed by atoms with van der Waals surface area (Å²) in [5.74, 6) is 0.256. The van der Waals surface area contributed by atoms with E-state index in [0.29, 0.717) is 19.6 Å². The second-order valence-electron chi connectivity index (χ2n) is 4.35. The van der Waals surface area contributed by atoms with Gasteiger partial charge in [-0.25, -0.2) is 0 Å². The highest BCUT2D eigenvalue weighted by molar-refractivity contribution is 7.98. The molecule has 6 heteroatoms. The van der Waals surface area contributed by atoms with E-state index in [2.05, 4.69) is 16.9 Å². The maximum atomic E-state index is 11.9. The Kier molecular flexibility index (Phi) is 7.84. The minimum Gasteiger partial charge on any atom is -0.348 e. The lowest BCUT2D eigenvalue weighted by atomic mass is 10.3. The van der Waals surface area contributed by atoms with Crippen molar-refractivity contribution in [2.75, 3.05) is 44.7 Å². The average Bonchev–Trinajstić information content (AvgIpc) is 2.66. The van der Waals surface area contributed by atoms with Crippen molar-refractivity contribution < 1.29 is 9.59 Å². The summed E-state index contributed by atoms with van der Waals surface area (Å²) < 4.78 is 0. The average molecular weight is 273 g/mol. The summed E-state index contributed by atoms with van der Waals surface area (Å²) in [5, 5.41) is 5.91. The second kappa shape index (κ2) is 9.22. The first-order valence-electron chi connectivity index (χ1n) is 6.52. The van der Waals surface area contributed by atoms with Gasteiger partial charge in [0, 0.05) is 26.2 Å². The van der Waals surface area contributed by atoms with Gasteiger partial charge >= 0.3 is 11.8 Å². The highest BCUT2D eigenvalue weighted by Crippen LogP contribution is 1.99. The van der Waals surface area contributed by atoms with Gasteiger partial charge in [0.1, 0.15) is 0 Å². The third kappa shape index (κ3) is 5.73. The molecule has 5 nitrogen and oxygen atoms in total. The van der Waals surface area contributed by atoms with Crippen LogP contribution in [0.25, 0.3) is 0 Å². The Morgan fingerprint density at radius 1 is 1.28 bits per heavy atom. The molecule has 0 spiro atoms. The lowest BCUT2D eigenvalue weighted by molar-refractivity contribution is -0.145. The van der Waals surface area contributed by atoms with E-state index in [1.165, 1.54) is 0 Å². The Bertz CT molecular complexity index is 266. The van der Waals surface area contributed by atoms with Crippen LogP contribution in [-0.4, -0.2) is 61.4 Å². The predicted octanol–water partition coefficient (Wildman–Crippen LogP) is 0.0677. The van der Waals surface area contributed by atoms with Crippen LogP contribution in [0.2, 0.25) is 0 Å². The summed E-state index contributed by atoms with van der Waals surface area (Å²) in [4.78, 5) is 25.1. The maximum Gasteiger partial charge on any atom is 0.311 e. The van der Waals surface area contributed by atoms with Gasteiger partial charge in [-0.15, -0.1) is 0 Å². The SMILES string of the molecule is CSCCCCNC(=O)C(=O)N1CCCNCC1. The fraction of sp³-hybridized carbons (Fsp3) is 0.833. The van der Waals surface area contributed by atoms with Gasteiger partial charge < -0.3 is 15.5 Å². The number of amides is 2. The van der Waals surface area contributed by atoms with Crippen molar-refractivity contribution >= 4 is 23.6 Å². The van der Waals surface area contributed by atoms with Crippen LogP contribution >= 0.6 is 11.8 Å². The standard InChI is InChI=1S/C12H23N3O2S/c1-18-10-3-2-6-14-11(16)12(17)15-8-4-5-13-7-9-15/h13H,2-10H2,1H3,(H,14,16). The molecule has 18 heavy (non-hydrogen) atoms. The van der Waals surface area contributed by atoms with Gasteiger partial charge in [-0.05, 0) is 37.8 Å². The maximum absolute atomic E-state index is 11.9. The normalized spacial score (nSPS) is 16.2. The molecule has 1 fully saturated rings. The van der Waals surface area contributed by atoms with Gasteiger partial charge in [0.2, 0.25) is 0 Å². The third-order valence-corrected chi connectivity index (χ3v) is 3.58. The number of carbonyl (C=O) groups excluding carboxylic acids is 2. The quantitative estimate of drug-likeness (QED) is 0.550. The van der Waals surface area contributed by atoms with Gasteiger partial charge in [0.25, 0.3) is 0 Å². The van der Waals surface area contributed by atoms with Crippen molar-refractivity contribution in [1.82, 2.24) is 15.5 Å². The van der Waals surface area contributed by atoms with Crippen molar-refractivity contribution in [3.05, 3.63) is 0 Å². The van der Waals surface area contributed by atoms with Crippen LogP contribution in [0.5, 0.6) is 0 Å². The molecular formula is C12H23N3O2S. The van der Waals surface area contributed by atoms with E-state index in [4.69, 9.17) is 0 Å². The molecule has 0 aliphatic carbocycles. The first-order chi connectivity index (χ1) is 8.75.